The van der Waals surface area contributed by atoms with Crippen LogP contribution in [0.5, 0.6) is 5.75 Å². The van der Waals surface area contributed by atoms with Crippen LogP contribution < -0.4 is 15.0 Å². The smallest absolute Gasteiger partial charge is 0.244 e. The maximum Gasteiger partial charge on any atom is 0.244 e. The number of nitrogens with one attached hydrogen (secondary N) is 1. The number of anilines is 1. The fraction of sp³-hybridized carbons (Fsp3) is 0.500. The number of piperidine rings is 1. The van der Waals surface area contributed by atoms with Crippen molar-refractivity contribution in [2.75, 3.05) is 25.6 Å². The van der Waals surface area contributed by atoms with Gasteiger partial charge in [-0.05, 0) is 50.6 Å². The van der Waals surface area contributed by atoms with Crippen LogP contribution in [0.2, 0.25) is 0 Å². The van der Waals surface area contributed by atoms with Crippen LogP contribution in [0.15, 0.2) is 18.2 Å². The Bertz CT molecular complexity index is 445. The molecule has 1 unspecified atom stereocenters. The number of likely N-dealkylation sites (N-methyl/N-ethyl adjacent to an activating group) is 1. The average molecular weight is 248 g/mol. The van der Waals surface area contributed by atoms with Crippen molar-refractivity contribution < 1.29 is 9.53 Å². The summed E-state index contributed by atoms with van der Waals surface area (Å²) in [5.74, 6) is 0.989. The molecule has 0 aliphatic carbocycles. The quantitative estimate of drug-likeness (QED) is 0.885. The number of rotatable bonds is 3. The van der Waals surface area contributed by atoms with E-state index in [-0.39, 0.29) is 11.9 Å². The van der Waals surface area contributed by atoms with Gasteiger partial charge in [0.2, 0.25) is 5.91 Å². The molecule has 1 aromatic rings. The fourth-order valence-electron chi connectivity index (χ4n) is 2.44. The van der Waals surface area contributed by atoms with Gasteiger partial charge in [0.15, 0.2) is 0 Å². The van der Waals surface area contributed by atoms with E-state index in [2.05, 4.69) is 5.32 Å². The SMILES string of the molecule is CNC1CCCN(c2ccc(OC)cc2C)C1=O. The highest BCUT2D eigenvalue weighted by atomic mass is 16.5. The first-order chi connectivity index (χ1) is 8.67. The van der Waals surface area contributed by atoms with Gasteiger partial charge in [-0.15, -0.1) is 0 Å². The van der Waals surface area contributed by atoms with Crippen molar-refractivity contribution in [3.05, 3.63) is 23.8 Å². The summed E-state index contributed by atoms with van der Waals surface area (Å²) in [4.78, 5) is 14.2. The van der Waals surface area contributed by atoms with E-state index >= 15 is 0 Å². The minimum Gasteiger partial charge on any atom is -0.497 e. The van der Waals surface area contributed by atoms with Crippen molar-refractivity contribution in [2.45, 2.75) is 25.8 Å². The molecule has 4 nitrogen and oxygen atoms in total. The lowest BCUT2D eigenvalue weighted by molar-refractivity contribution is -0.121. The van der Waals surface area contributed by atoms with E-state index < -0.39 is 0 Å². The number of carbonyl (C=O) groups excluding carboxylic acids is 1. The molecule has 98 valence electrons. The predicted molar refractivity (Wildman–Crippen MR) is 72.2 cm³/mol. The zero-order valence-electron chi connectivity index (χ0n) is 11.2. The zero-order valence-corrected chi connectivity index (χ0v) is 11.2. The van der Waals surface area contributed by atoms with Gasteiger partial charge in [-0.2, -0.15) is 0 Å². The highest BCUT2D eigenvalue weighted by molar-refractivity contribution is 5.98. The highest BCUT2D eigenvalue weighted by Crippen LogP contribution is 2.27. The third-order valence-corrected chi connectivity index (χ3v) is 3.48. The van der Waals surface area contributed by atoms with Crippen molar-refractivity contribution in [3.8, 4) is 5.75 Å². The Hall–Kier alpha value is -1.55. The van der Waals surface area contributed by atoms with E-state index in [1.54, 1.807) is 7.11 Å². The van der Waals surface area contributed by atoms with Gasteiger partial charge in [-0.3, -0.25) is 4.79 Å². The third-order valence-electron chi connectivity index (χ3n) is 3.48. The van der Waals surface area contributed by atoms with Gasteiger partial charge in [0.05, 0.1) is 13.2 Å². The first kappa shape index (κ1) is 12.9. The molecule has 0 aromatic heterocycles. The van der Waals surface area contributed by atoms with Gasteiger partial charge < -0.3 is 15.0 Å². The molecule has 4 heteroatoms. The molecule has 0 spiro atoms. The topological polar surface area (TPSA) is 41.6 Å². The van der Waals surface area contributed by atoms with E-state index in [4.69, 9.17) is 4.74 Å². The minimum absolute atomic E-state index is 0.0553. The summed E-state index contributed by atoms with van der Waals surface area (Å²) in [6.07, 6.45) is 1.95. The van der Waals surface area contributed by atoms with Crippen molar-refractivity contribution in [2.24, 2.45) is 0 Å². The molecule has 1 atom stereocenters. The van der Waals surface area contributed by atoms with Crippen LogP contribution in [0.4, 0.5) is 5.69 Å². The first-order valence-corrected chi connectivity index (χ1v) is 6.30. The molecule has 1 aliphatic rings. The number of carbonyl (C=O) groups is 1. The molecular weight excluding hydrogens is 228 g/mol. The Morgan fingerprint density at radius 1 is 1.44 bits per heavy atom. The van der Waals surface area contributed by atoms with E-state index in [9.17, 15) is 4.79 Å². The molecule has 0 bridgehead atoms. The van der Waals surface area contributed by atoms with Crippen molar-refractivity contribution in [3.63, 3.8) is 0 Å². The summed E-state index contributed by atoms with van der Waals surface area (Å²) < 4.78 is 5.19. The van der Waals surface area contributed by atoms with E-state index in [0.29, 0.717) is 0 Å². The van der Waals surface area contributed by atoms with Crippen LogP contribution in [0.3, 0.4) is 0 Å². The molecular formula is C14H20N2O2. The minimum atomic E-state index is -0.0553. The second kappa shape index (κ2) is 5.40. The molecule has 1 amide bonds. The van der Waals surface area contributed by atoms with Crippen molar-refractivity contribution >= 4 is 11.6 Å². The summed E-state index contributed by atoms with van der Waals surface area (Å²) in [6.45, 7) is 2.80. The predicted octanol–water partition coefficient (Wildman–Crippen LogP) is 1.72. The second-order valence-corrected chi connectivity index (χ2v) is 4.63. The van der Waals surface area contributed by atoms with Crippen LogP contribution in [-0.4, -0.2) is 32.7 Å². The van der Waals surface area contributed by atoms with Crippen LogP contribution in [-0.2, 0) is 4.79 Å². The summed E-state index contributed by atoms with van der Waals surface area (Å²) in [5.41, 5.74) is 2.06. The van der Waals surface area contributed by atoms with E-state index in [1.807, 2.05) is 37.1 Å². The van der Waals surface area contributed by atoms with Gasteiger partial charge in [0, 0.05) is 12.2 Å². The number of benzene rings is 1. The lowest BCUT2D eigenvalue weighted by Gasteiger charge is -2.33. The molecule has 1 N–H and O–H groups in total. The maximum atomic E-state index is 12.3. The van der Waals surface area contributed by atoms with Crippen molar-refractivity contribution in [1.29, 1.82) is 0 Å². The lowest BCUT2D eigenvalue weighted by atomic mass is 10.0. The van der Waals surface area contributed by atoms with E-state index in [0.717, 1.165) is 36.4 Å². The molecule has 18 heavy (non-hydrogen) atoms. The van der Waals surface area contributed by atoms with E-state index in [1.165, 1.54) is 0 Å². The number of aryl methyl sites for hydroxylation is 1. The number of hydrogen-bond donors (Lipinski definition) is 1. The number of ether oxygens (including phenoxy) is 1. The summed E-state index contributed by atoms with van der Waals surface area (Å²) in [6, 6.07) is 5.77. The lowest BCUT2D eigenvalue weighted by Crippen LogP contribution is -2.50. The molecule has 1 saturated heterocycles. The summed E-state index contributed by atoms with van der Waals surface area (Å²) in [7, 11) is 3.49. The average Bonchev–Trinajstić information content (AvgIpc) is 2.39. The number of nitrogens with zero attached hydrogens (tertiary/aromatic N) is 1. The Balaban J connectivity index is 2.27. The zero-order chi connectivity index (χ0) is 13.1. The fourth-order valence-corrected chi connectivity index (χ4v) is 2.44. The van der Waals surface area contributed by atoms with Gasteiger partial charge in [0.25, 0.3) is 0 Å². The Morgan fingerprint density at radius 3 is 2.83 bits per heavy atom. The number of amides is 1. The summed E-state index contributed by atoms with van der Waals surface area (Å²) in [5, 5.41) is 3.08. The Labute approximate surface area is 108 Å². The third kappa shape index (κ3) is 2.34. The molecule has 1 aromatic carbocycles. The van der Waals surface area contributed by atoms with Crippen LogP contribution in [0.25, 0.3) is 0 Å². The number of hydrogen-bond acceptors (Lipinski definition) is 3. The molecule has 1 fully saturated rings. The van der Waals surface area contributed by atoms with Crippen LogP contribution in [0.1, 0.15) is 18.4 Å². The standard InChI is InChI=1S/C14H20N2O2/c1-10-9-11(18-3)6-7-13(10)16-8-4-5-12(15-2)14(16)17/h6-7,9,12,15H,4-5,8H2,1-3H3. The Kier molecular flexibility index (Phi) is 3.87. The summed E-state index contributed by atoms with van der Waals surface area (Å²) >= 11 is 0. The van der Waals surface area contributed by atoms with Crippen molar-refractivity contribution in [1.82, 2.24) is 5.32 Å². The van der Waals surface area contributed by atoms with Crippen LogP contribution in [0, 0.1) is 6.92 Å². The van der Waals surface area contributed by atoms with Gasteiger partial charge >= 0.3 is 0 Å². The van der Waals surface area contributed by atoms with Crippen LogP contribution >= 0.6 is 0 Å². The maximum absolute atomic E-state index is 12.3. The molecule has 0 saturated carbocycles. The van der Waals surface area contributed by atoms with Gasteiger partial charge in [0.1, 0.15) is 5.75 Å². The monoisotopic (exact) mass is 248 g/mol. The first-order valence-electron chi connectivity index (χ1n) is 6.30. The normalized spacial score (nSPS) is 20.1. The molecule has 2 rings (SSSR count). The molecule has 0 radical (unpaired) electrons. The molecule has 1 heterocycles. The molecule has 1 aliphatic heterocycles. The highest BCUT2D eigenvalue weighted by Gasteiger charge is 2.29. The largest absolute Gasteiger partial charge is 0.497 e. The second-order valence-electron chi connectivity index (χ2n) is 4.63. The van der Waals surface area contributed by atoms with Gasteiger partial charge in [-0.1, -0.05) is 0 Å². The Morgan fingerprint density at radius 2 is 2.22 bits per heavy atom. The van der Waals surface area contributed by atoms with Gasteiger partial charge in [-0.25, -0.2) is 0 Å². The number of methoxy groups -OCH3 is 1.